The van der Waals surface area contributed by atoms with Crippen molar-refractivity contribution in [2.45, 2.75) is 39.4 Å². The van der Waals surface area contributed by atoms with Crippen molar-refractivity contribution in [1.29, 1.82) is 0 Å². The third-order valence-corrected chi connectivity index (χ3v) is 3.55. The highest BCUT2D eigenvalue weighted by Crippen LogP contribution is 2.27. The number of anilines is 1. The number of aromatic nitrogens is 4. The van der Waals surface area contributed by atoms with Gasteiger partial charge in [0, 0.05) is 11.8 Å². The van der Waals surface area contributed by atoms with E-state index >= 15 is 0 Å². The lowest BCUT2D eigenvalue weighted by molar-refractivity contribution is -0.144. The lowest BCUT2D eigenvalue weighted by Crippen LogP contribution is -2.31. The molecule has 0 fully saturated rings. The predicted octanol–water partition coefficient (Wildman–Crippen LogP) is 2.27. The summed E-state index contributed by atoms with van der Waals surface area (Å²) in [6.45, 7) is 5.43. The van der Waals surface area contributed by atoms with Crippen LogP contribution in [-0.4, -0.2) is 37.3 Å². The molecule has 0 aliphatic heterocycles. The third kappa shape index (κ3) is 3.29. The van der Waals surface area contributed by atoms with Gasteiger partial charge in [-0.15, -0.1) is 5.10 Å². The standard InChI is InChI=1S/C13H18F3N5O/c1-4-7(2)9(6-22)18-10-5-8(3)17-12-19-11(13(14,15)16)20-21(10)12/h5,7,9,18,22H,4,6H2,1-3H3/t7-,9-/m0/s1. The lowest BCUT2D eigenvalue weighted by Gasteiger charge is -2.23. The first-order valence-electron chi connectivity index (χ1n) is 6.95. The number of aliphatic hydroxyl groups is 1. The molecule has 0 aliphatic rings. The molecule has 2 rings (SSSR count). The van der Waals surface area contributed by atoms with Crippen molar-refractivity contribution in [1.82, 2.24) is 19.6 Å². The molecule has 2 atom stereocenters. The lowest BCUT2D eigenvalue weighted by atomic mass is 10.00. The van der Waals surface area contributed by atoms with Gasteiger partial charge in [-0.2, -0.15) is 22.7 Å². The van der Waals surface area contributed by atoms with E-state index in [1.807, 2.05) is 13.8 Å². The highest BCUT2D eigenvalue weighted by Gasteiger charge is 2.37. The summed E-state index contributed by atoms with van der Waals surface area (Å²) < 4.78 is 39.2. The highest BCUT2D eigenvalue weighted by molar-refractivity contribution is 5.46. The molecule has 0 spiro atoms. The third-order valence-electron chi connectivity index (χ3n) is 3.55. The molecular formula is C13H18F3N5O. The molecule has 122 valence electrons. The molecule has 2 aromatic heterocycles. The molecule has 2 heterocycles. The number of nitrogens with zero attached hydrogens (tertiary/aromatic N) is 4. The first-order chi connectivity index (χ1) is 10.3. The van der Waals surface area contributed by atoms with Gasteiger partial charge in [0.05, 0.1) is 12.6 Å². The smallest absolute Gasteiger partial charge is 0.394 e. The zero-order valence-corrected chi connectivity index (χ0v) is 12.5. The fourth-order valence-electron chi connectivity index (χ4n) is 2.05. The van der Waals surface area contributed by atoms with E-state index < -0.39 is 12.0 Å². The average molecular weight is 317 g/mol. The van der Waals surface area contributed by atoms with Crippen molar-refractivity contribution in [3.8, 4) is 0 Å². The van der Waals surface area contributed by atoms with Crippen molar-refractivity contribution in [2.24, 2.45) is 5.92 Å². The molecule has 0 amide bonds. The van der Waals surface area contributed by atoms with Gasteiger partial charge >= 0.3 is 6.18 Å². The van der Waals surface area contributed by atoms with Gasteiger partial charge in [0.15, 0.2) is 0 Å². The number of aliphatic hydroxyl groups excluding tert-OH is 1. The average Bonchev–Trinajstić information content (AvgIpc) is 2.87. The summed E-state index contributed by atoms with van der Waals surface area (Å²) in [5.74, 6) is -0.905. The highest BCUT2D eigenvalue weighted by atomic mass is 19.4. The monoisotopic (exact) mass is 317 g/mol. The van der Waals surface area contributed by atoms with Crippen LogP contribution in [0.2, 0.25) is 0 Å². The largest absolute Gasteiger partial charge is 0.453 e. The van der Waals surface area contributed by atoms with E-state index in [4.69, 9.17) is 0 Å². The second-order valence-corrected chi connectivity index (χ2v) is 5.25. The minimum atomic E-state index is -4.63. The van der Waals surface area contributed by atoms with Crippen molar-refractivity contribution >= 4 is 11.6 Å². The molecule has 0 aromatic carbocycles. The molecule has 2 aromatic rings. The summed E-state index contributed by atoms with van der Waals surface area (Å²) >= 11 is 0. The van der Waals surface area contributed by atoms with E-state index in [9.17, 15) is 18.3 Å². The topological polar surface area (TPSA) is 75.3 Å². The maximum atomic E-state index is 12.7. The molecule has 9 heteroatoms. The Bertz CT molecular complexity index is 655. The van der Waals surface area contributed by atoms with E-state index in [2.05, 4.69) is 20.4 Å². The molecule has 22 heavy (non-hydrogen) atoms. The van der Waals surface area contributed by atoms with Crippen molar-refractivity contribution in [2.75, 3.05) is 11.9 Å². The molecule has 0 unspecified atom stereocenters. The van der Waals surface area contributed by atoms with Crippen molar-refractivity contribution in [3.63, 3.8) is 0 Å². The minimum Gasteiger partial charge on any atom is -0.394 e. The van der Waals surface area contributed by atoms with Crippen LogP contribution in [-0.2, 0) is 6.18 Å². The molecule has 0 radical (unpaired) electrons. The number of hydrogen-bond donors (Lipinski definition) is 2. The van der Waals surface area contributed by atoms with Crippen LogP contribution in [0.25, 0.3) is 5.78 Å². The van der Waals surface area contributed by atoms with E-state index in [1.54, 1.807) is 13.0 Å². The normalized spacial score (nSPS) is 15.0. The minimum absolute atomic E-state index is 0.129. The summed E-state index contributed by atoms with van der Waals surface area (Å²) in [5.41, 5.74) is 0.511. The molecule has 2 N–H and O–H groups in total. The quantitative estimate of drug-likeness (QED) is 0.885. The number of fused-ring (bicyclic) bond motifs is 1. The Morgan fingerprint density at radius 2 is 2.05 bits per heavy atom. The summed E-state index contributed by atoms with van der Waals surface area (Å²) in [6.07, 6.45) is -3.82. The van der Waals surface area contributed by atoms with Gasteiger partial charge in [-0.3, -0.25) is 0 Å². The van der Waals surface area contributed by atoms with E-state index in [0.717, 1.165) is 10.9 Å². The molecule has 0 saturated carbocycles. The maximum Gasteiger partial charge on any atom is 0.453 e. The first-order valence-corrected chi connectivity index (χ1v) is 6.95. The predicted molar refractivity (Wildman–Crippen MR) is 74.5 cm³/mol. The van der Waals surface area contributed by atoms with Gasteiger partial charge < -0.3 is 10.4 Å². The number of rotatable bonds is 5. The van der Waals surface area contributed by atoms with E-state index in [1.165, 1.54) is 0 Å². The van der Waals surface area contributed by atoms with Gasteiger partial charge in [0.25, 0.3) is 11.6 Å². The number of aryl methyl sites for hydroxylation is 1. The SMILES string of the molecule is CC[C@H](C)[C@H](CO)Nc1cc(C)nc2nc(C(F)(F)F)nn12. The summed E-state index contributed by atoms with van der Waals surface area (Å²) in [6, 6.07) is 1.28. The van der Waals surface area contributed by atoms with Gasteiger partial charge in [0.2, 0.25) is 0 Å². The Balaban J connectivity index is 2.46. The Kier molecular flexibility index (Phi) is 4.55. The zero-order valence-electron chi connectivity index (χ0n) is 12.5. The van der Waals surface area contributed by atoms with Crippen LogP contribution in [0.1, 0.15) is 31.8 Å². The number of nitrogens with one attached hydrogen (secondary N) is 1. The van der Waals surface area contributed by atoms with Crippen LogP contribution < -0.4 is 5.32 Å². The van der Waals surface area contributed by atoms with Crippen LogP contribution in [0, 0.1) is 12.8 Å². The number of hydrogen-bond acceptors (Lipinski definition) is 5. The Hall–Kier alpha value is -1.90. The van der Waals surface area contributed by atoms with Crippen LogP contribution >= 0.6 is 0 Å². The van der Waals surface area contributed by atoms with Gasteiger partial charge in [-0.25, -0.2) is 4.98 Å². The number of alkyl halides is 3. The van der Waals surface area contributed by atoms with Gasteiger partial charge in [0.1, 0.15) is 5.82 Å². The Labute approximate surface area is 125 Å². The number of halogens is 3. The summed E-state index contributed by atoms with van der Waals surface area (Å²) in [5, 5.41) is 16.0. The molecule has 0 bridgehead atoms. The fraction of sp³-hybridized carbons (Fsp3) is 0.615. The second-order valence-electron chi connectivity index (χ2n) is 5.25. The van der Waals surface area contributed by atoms with E-state index in [0.29, 0.717) is 11.5 Å². The zero-order chi connectivity index (χ0) is 16.5. The second kappa shape index (κ2) is 6.07. The van der Waals surface area contributed by atoms with Crippen LogP contribution in [0.3, 0.4) is 0 Å². The molecular weight excluding hydrogens is 299 g/mol. The van der Waals surface area contributed by atoms with Crippen LogP contribution in [0.4, 0.5) is 19.0 Å². The fourth-order valence-corrected chi connectivity index (χ4v) is 2.05. The molecule has 0 aliphatic carbocycles. The summed E-state index contributed by atoms with van der Waals surface area (Å²) in [7, 11) is 0. The maximum absolute atomic E-state index is 12.7. The Morgan fingerprint density at radius 1 is 1.36 bits per heavy atom. The van der Waals surface area contributed by atoms with Crippen molar-refractivity contribution < 1.29 is 18.3 Å². The molecule has 6 nitrogen and oxygen atoms in total. The molecule has 0 saturated heterocycles. The first kappa shape index (κ1) is 16.5. The van der Waals surface area contributed by atoms with Gasteiger partial charge in [-0.05, 0) is 12.8 Å². The van der Waals surface area contributed by atoms with Crippen LogP contribution in [0.15, 0.2) is 6.07 Å². The summed E-state index contributed by atoms with van der Waals surface area (Å²) in [4.78, 5) is 7.37. The Morgan fingerprint density at radius 3 is 2.59 bits per heavy atom. The van der Waals surface area contributed by atoms with Crippen LogP contribution in [0.5, 0.6) is 0 Å². The van der Waals surface area contributed by atoms with Crippen molar-refractivity contribution in [3.05, 3.63) is 17.6 Å². The van der Waals surface area contributed by atoms with Gasteiger partial charge in [-0.1, -0.05) is 20.3 Å². The van der Waals surface area contributed by atoms with E-state index in [-0.39, 0.29) is 24.3 Å².